The highest BCUT2D eigenvalue weighted by molar-refractivity contribution is 6.01. The summed E-state index contributed by atoms with van der Waals surface area (Å²) in [6, 6.07) is 15.8. The molecule has 2 aromatic carbocycles. The Kier molecular flexibility index (Phi) is 5.98. The number of hydrogen-bond acceptors (Lipinski definition) is 5. The number of likely N-dealkylation sites (tertiary alicyclic amines) is 1. The number of aryl methyl sites for hydroxylation is 1. The lowest BCUT2D eigenvalue weighted by Crippen LogP contribution is -2.38. The maximum atomic E-state index is 13.2. The number of nitrogens with one attached hydrogen (secondary N) is 1. The number of aliphatic carboxylic acids is 1. The number of benzene rings is 2. The Labute approximate surface area is 202 Å². The number of ether oxygens (including phenoxy) is 1. The molecule has 0 radical (unpaired) electrons. The van der Waals surface area contributed by atoms with Crippen molar-refractivity contribution in [3.05, 3.63) is 71.5 Å². The number of fused-ring (bicyclic) bond motifs is 3. The number of carboxylic acid groups (broad SMARTS) is 1. The molecule has 2 aliphatic rings. The quantitative estimate of drug-likeness (QED) is 0.561. The zero-order chi connectivity index (χ0) is 24.5. The van der Waals surface area contributed by atoms with Crippen LogP contribution in [-0.2, 0) is 16.6 Å². The van der Waals surface area contributed by atoms with Crippen LogP contribution < -0.4 is 5.32 Å². The second kappa shape index (κ2) is 9.25. The number of anilines is 1. The highest BCUT2D eigenvalue weighted by Crippen LogP contribution is 2.44. The number of carbonyl (C=O) groups excluding carboxylic acids is 2. The second-order valence-corrected chi connectivity index (χ2v) is 8.87. The Balaban J connectivity index is 1.29. The molecule has 0 spiro atoms. The number of rotatable bonds is 6. The molecule has 1 atom stereocenters. The van der Waals surface area contributed by atoms with E-state index in [2.05, 4.69) is 22.5 Å². The third-order valence-electron chi connectivity index (χ3n) is 6.77. The summed E-state index contributed by atoms with van der Waals surface area (Å²) in [6.45, 7) is 0.614. The molecule has 1 aromatic heterocycles. The van der Waals surface area contributed by atoms with E-state index in [-0.39, 0.29) is 42.3 Å². The minimum Gasteiger partial charge on any atom is -0.481 e. The summed E-state index contributed by atoms with van der Waals surface area (Å²) in [7, 11) is 1.61. The van der Waals surface area contributed by atoms with Crippen LogP contribution in [0.15, 0.2) is 54.7 Å². The van der Waals surface area contributed by atoms with Gasteiger partial charge < -0.3 is 14.7 Å². The van der Waals surface area contributed by atoms with Gasteiger partial charge in [0.1, 0.15) is 12.3 Å². The van der Waals surface area contributed by atoms with E-state index in [4.69, 9.17) is 4.74 Å². The first-order valence-electron chi connectivity index (χ1n) is 11.6. The van der Waals surface area contributed by atoms with Gasteiger partial charge in [0.05, 0.1) is 18.3 Å². The Hall–Kier alpha value is -4.14. The predicted octanol–water partition coefficient (Wildman–Crippen LogP) is 3.86. The van der Waals surface area contributed by atoms with Gasteiger partial charge in [0.2, 0.25) is 0 Å². The van der Waals surface area contributed by atoms with Crippen LogP contribution in [0.3, 0.4) is 0 Å². The fourth-order valence-electron chi connectivity index (χ4n) is 5.18. The summed E-state index contributed by atoms with van der Waals surface area (Å²) in [6.07, 6.45) is 1.97. The minimum absolute atomic E-state index is 0.0791. The van der Waals surface area contributed by atoms with E-state index in [0.29, 0.717) is 13.0 Å². The summed E-state index contributed by atoms with van der Waals surface area (Å²) < 4.78 is 6.98. The summed E-state index contributed by atoms with van der Waals surface area (Å²) in [5, 5.41) is 16.0. The number of amides is 2. The van der Waals surface area contributed by atoms with Gasteiger partial charge in [-0.1, -0.05) is 48.5 Å². The maximum Gasteiger partial charge on any atom is 0.411 e. The van der Waals surface area contributed by atoms with Crippen LogP contribution in [0.25, 0.3) is 11.1 Å². The number of nitrogens with zero attached hydrogens (tertiary/aromatic N) is 3. The van der Waals surface area contributed by atoms with Gasteiger partial charge in [-0.15, -0.1) is 0 Å². The van der Waals surface area contributed by atoms with Gasteiger partial charge in [-0.2, -0.15) is 5.10 Å². The first kappa shape index (κ1) is 22.6. The SMILES string of the molecule is Cn1ncc(NC(=O)OCC2c3ccccc3-c3ccccc32)c1C(=O)N1CCC[C@H]1CC(=O)O. The highest BCUT2D eigenvalue weighted by atomic mass is 16.5. The van der Waals surface area contributed by atoms with Crippen molar-refractivity contribution in [1.29, 1.82) is 0 Å². The number of hydrogen-bond donors (Lipinski definition) is 2. The first-order valence-corrected chi connectivity index (χ1v) is 11.6. The largest absolute Gasteiger partial charge is 0.481 e. The van der Waals surface area contributed by atoms with Crippen molar-refractivity contribution in [2.24, 2.45) is 7.05 Å². The Morgan fingerprint density at radius 2 is 1.74 bits per heavy atom. The van der Waals surface area contributed by atoms with E-state index in [1.807, 2.05) is 36.4 Å². The van der Waals surface area contributed by atoms with Crippen LogP contribution in [-0.4, -0.2) is 57.0 Å². The van der Waals surface area contributed by atoms with Crippen molar-refractivity contribution in [1.82, 2.24) is 14.7 Å². The molecule has 1 fully saturated rings. The van der Waals surface area contributed by atoms with Gasteiger partial charge in [-0.25, -0.2) is 4.79 Å². The van der Waals surface area contributed by atoms with E-state index in [1.165, 1.54) is 10.9 Å². The van der Waals surface area contributed by atoms with Crippen molar-refractivity contribution >= 4 is 23.7 Å². The number of carboxylic acids is 1. The van der Waals surface area contributed by atoms with Gasteiger partial charge in [0, 0.05) is 25.6 Å². The van der Waals surface area contributed by atoms with Gasteiger partial charge >= 0.3 is 12.1 Å². The summed E-state index contributed by atoms with van der Waals surface area (Å²) in [5.41, 5.74) is 4.92. The van der Waals surface area contributed by atoms with Crippen LogP contribution in [0, 0.1) is 0 Å². The lowest BCUT2D eigenvalue weighted by molar-refractivity contribution is -0.137. The lowest BCUT2D eigenvalue weighted by Gasteiger charge is -2.24. The van der Waals surface area contributed by atoms with E-state index >= 15 is 0 Å². The molecule has 180 valence electrons. The molecule has 9 nitrogen and oxygen atoms in total. The fourth-order valence-corrected chi connectivity index (χ4v) is 5.18. The number of aromatic nitrogens is 2. The minimum atomic E-state index is -0.948. The molecule has 2 N–H and O–H groups in total. The zero-order valence-electron chi connectivity index (χ0n) is 19.3. The standard InChI is InChI=1S/C26H26N4O5/c1-29-24(25(33)30-12-6-7-16(30)13-23(31)32)22(14-27-29)28-26(34)35-15-21-19-10-4-2-8-17(19)18-9-3-5-11-20(18)21/h2-5,8-11,14,16,21H,6-7,12-13,15H2,1H3,(H,28,34)(H,31,32)/t16-/m0/s1. The van der Waals surface area contributed by atoms with E-state index in [9.17, 15) is 19.5 Å². The van der Waals surface area contributed by atoms with Crippen LogP contribution in [0.2, 0.25) is 0 Å². The molecule has 5 rings (SSSR count). The second-order valence-electron chi connectivity index (χ2n) is 8.87. The zero-order valence-corrected chi connectivity index (χ0v) is 19.3. The fraction of sp³-hybridized carbons (Fsp3) is 0.308. The summed E-state index contributed by atoms with van der Waals surface area (Å²) in [5.74, 6) is -1.39. The van der Waals surface area contributed by atoms with Crippen LogP contribution >= 0.6 is 0 Å². The first-order chi connectivity index (χ1) is 16.9. The molecule has 1 aliphatic carbocycles. The summed E-state index contributed by atoms with van der Waals surface area (Å²) >= 11 is 0. The van der Waals surface area contributed by atoms with E-state index in [0.717, 1.165) is 28.7 Å². The Bertz CT molecular complexity index is 1250. The maximum absolute atomic E-state index is 13.2. The van der Waals surface area contributed by atoms with Crippen molar-refractivity contribution in [3.63, 3.8) is 0 Å². The Morgan fingerprint density at radius 1 is 1.09 bits per heavy atom. The van der Waals surface area contributed by atoms with Crippen LogP contribution in [0.4, 0.5) is 10.5 Å². The molecule has 9 heteroatoms. The highest BCUT2D eigenvalue weighted by Gasteiger charge is 2.34. The molecule has 3 aromatic rings. The van der Waals surface area contributed by atoms with Crippen molar-refractivity contribution in [2.45, 2.75) is 31.2 Å². The van der Waals surface area contributed by atoms with Crippen LogP contribution in [0.1, 0.15) is 46.8 Å². The molecule has 1 saturated heterocycles. The molecule has 0 saturated carbocycles. The summed E-state index contributed by atoms with van der Waals surface area (Å²) in [4.78, 5) is 38.7. The average molecular weight is 475 g/mol. The van der Waals surface area contributed by atoms with Gasteiger partial charge in [0.15, 0.2) is 0 Å². The molecule has 35 heavy (non-hydrogen) atoms. The van der Waals surface area contributed by atoms with Crippen LogP contribution in [0.5, 0.6) is 0 Å². The van der Waals surface area contributed by atoms with Gasteiger partial charge in [-0.3, -0.25) is 19.6 Å². The molecule has 1 aliphatic heterocycles. The normalized spacial score (nSPS) is 16.6. The molecule has 0 unspecified atom stereocenters. The molecule has 0 bridgehead atoms. The molecule has 2 amide bonds. The van der Waals surface area contributed by atoms with Crippen molar-refractivity contribution in [3.8, 4) is 11.1 Å². The van der Waals surface area contributed by atoms with Gasteiger partial charge in [0.25, 0.3) is 5.91 Å². The average Bonchev–Trinajstić information content (AvgIpc) is 3.53. The third kappa shape index (κ3) is 4.25. The van der Waals surface area contributed by atoms with E-state index < -0.39 is 12.1 Å². The molecular weight excluding hydrogens is 448 g/mol. The smallest absolute Gasteiger partial charge is 0.411 e. The lowest BCUT2D eigenvalue weighted by atomic mass is 9.98. The third-order valence-corrected chi connectivity index (χ3v) is 6.77. The van der Waals surface area contributed by atoms with Crippen molar-refractivity contribution < 1.29 is 24.2 Å². The molecule has 2 heterocycles. The Morgan fingerprint density at radius 3 is 2.40 bits per heavy atom. The molecular formula is C26H26N4O5. The number of carbonyl (C=O) groups is 3. The van der Waals surface area contributed by atoms with E-state index in [1.54, 1.807) is 11.9 Å². The predicted molar refractivity (Wildman–Crippen MR) is 128 cm³/mol. The van der Waals surface area contributed by atoms with Crippen molar-refractivity contribution in [2.75, 3.05) is 18.5 Å². The monoisotopic (exact) mass is 474 g/mol. The van der Waals surface area contributed by atoms with Gasteiger partial charge in [-0.05, 0) is 35.1 Å². The topological polar surface area (TPSA) is 114 Å².